The molecular weight excluding hydrogens is 390 g/mol. The van der Waals surface area contributed by atoms with Gasteiger partial charge in [-0.25, -0.2) is 4.39 Å². The minimum Gasteiger partial charge on any atom is -0.359 e. The van der Waals surface area contributed by atoms with Crippen molar-refractivity contribution >= 4 is 56.2 Å². The summed E-state index contributed by atoms with van der Waals surface area (Å²) in [6.07, 6.45) is 0. The molecule has 2 nitrogen and oxygen atoms in total. The molecule has 1 aliphatic rings. The maximum absolute atomic E-state index is 13.7. The van der Waals surface area contributed by atoms with Crippen molar-refractivity contribution in [2.45, 2.75) is 6.04 Å². The Kier molecular flexibility index (Phi) is 4.44. The van der Waals surface area contributed by atoms with Crippen molar-refractivity contribution in [1.82, 2.24) is 0 Å². The summed E-state index contributed by atoms with van der Waals surface area (Å²) in [5.74, 6) is -0.327. The summed E-state index contributed by atoms with van der Waals surface area (Å²) in [6.45, 7) is 0. The van der Waals surface area contributed by atoms with Gasteiger partial charge in [0.15, 0.2) is 0 Å². The molecule has 0 bridgehead atoms. The van der Waals surface area contributed by atoms with Crippen LogP contribution in [0.5, 0.6) is 0 Å². The smallest absolute Gasteiger partial charge is 0.123 e. The van der Waals surface area contributed by atoms with E-state index in [0.29, 0.717) is 20.9 Å². The second-order valence-electron chi connectivity index (χ2n) is 5.02. The average molecular weight is 402 g/mol. The molecular formula is C16H12BrCl2FN2. The van der Waals surface area contributed by atoms with E-state index in [-0.39, 0.29) is 11.9 Å². The molecule has 2 aromatic carbocycles. The predicted molar refractivity (Wildman–Crippen MR) is 94.9 cm³/mol. The molecule has 0 saturated heterocycles. The monoisotopic (exact) mass is 400 g/mol. The van der Waals surface area contributed by atoms with Gasteiger partial charge in [0.2, 0.25) is 0 Å². The van der Waals surface area contributed by atoms with Crippen LogP contribution < -0.4 is 4.90 Å². The number of aliphatic imine (C=N–C) groups is 1. The highest BCUT2D eigenvalue weighted by Gasteiger charge is 2.31. The molecule has 0 amide bonds. The van der Waals surface area contributed by atoms with Crippen molar-refractivity contribution in [1.29, 1.82) is 0 Å². The molecule has 0 spiro atoms. The molecule has 2 aromatic rings. The lowest BCUT2D eigenvalue weighted by molar-refractivity contribution is 0.624. The van der Waals surface area contributed by atoms with E-state index >= 15 is 0 Å². The molecule has 0 aliphatic carbocycles. The number of hydrogen-bond acceptors (Lipinski definition) is 2. The highest BCUT2D eigenvalue weighted by Crippen LogP contribution is 2.45. The molecule has 0 N–H and O–H groups in total. The van der Waals surface area contributed by atoms with Crippen LogP contribution in [0, 0.1) is 5.82 Å². The standard InChI is InChI=1S/C16H12BrCl2FN2/c1-22-15(10-7-9(20)5-6-11(10)18)14(8-17)21-13-4-2-3-12(19)16(13)22/h2-7,15H,8H2,1H3. The fourth-order valence-corrected chi connectivity index (χ4v) is 3.68. The normalized spacial score (nSPS) is 17.2. The predicted octanol–water partition coefficient (Wildman–Crippen LogP) is 5.79. The lowest BCUT2D eigenvalue weighted by Crippen LogP contribution is -2.34. The van der Waals surface area contributed by atoms with Gasteiger partial charge in [0.1, 0.15) is 5.82 Å². The van der Waals surface area contributed by atoms with Gasteiger partial charge in [-0.15, -0.1) is 0 Å². The van der Waals surface area contributed by atoms with E-state index in [1.54, 1.807) is 6.07 Å². The largest absolute Gasteiger partial charge is 0.359 e. The SMILES string of the molecule is CN1c2c(Cl)cccc2N=C(CBr)C1c1cc(F)ccc1Cl. The lowest BCUT2D eigenvalue weighted by Gasteiger charge is -2.36. The van der Waals surface area contributed by atoms with Crippen LogP contribution in [0.4, 0.5) is 15.8 Å². The van der Waals surface area contributed by atoms with Crippen molar-refractivity contribution in [2.24, 2.45) is 4.99 Å². The zero-order valence-corrected chi connectivity index (χ0v) is 14.8. The van der Waals surface area contributed by atoms with Crippen LogP contribution in [0.1, 0.15) is 11.6 Å². The van der Waals surface area contributed by atoms with Gasteiger partial charge in [0.05, 0.1) is 28.2 Å². The van der Waals surface area contributed by atoms with Crippen LogP contribution in [-0.4, -0.2) is 18.1 Å². The van der Waals surface area contributed by atoms with Gasteiger partial charge in [-0.1, -0.05) is 45.2 Å². The zero-order valence-electron chi connectivity index (χ0n) is 11.7. The lowest BCUT2D eigenvalue weighted by atomic mass is 9.98. The van der Waals surface area contributed by atoms with Crippen LogP contribution in [0.15, 0.2) is 41.4 Å². The maximum atomic E-state index is 13.7. The number of nitrogens with zero attached hydrogens (tertiary/aromatic N) is 2. The summed E-state index contributed by atoms with van der Waals surface area (Å²) in [5.41, 5.74) is 3.14. The first-order chi connectivity index (χ1) is 10.5. The highest BCUT2D eigenvalue weighted by molar-refractivity contribution is 9.09. The fourth-order valence-electron chi connectivity index (χ4n) is 2.73. The topological polar surface area (TPSA) is 15.6 Å². The van der Waals surface area contributed by atoms with Crippen molar-refractivity contribution in [2.75, 3.05) is 17.3 Å². The highest BCUT2D eigenvalue weighted by atomic mass is 79.9. The molecule has 114 valence electrons. The molecule has 1 aliphatic heterocycles. The van der Waals surface area contributed by atoms with E-state index in [2.05, 4.69) is 20.9 Å². The first kappa shape index (κ1) is 15.8. The second kappa shape index (κ2) is 6.19. The summed E-state index contributed by atoms with van der Waals surface area (Å²) in [5, 5.41) is 1.66. The number of halogens is 4. The Morgan fingerprint density at radius 3 is 2.73 bits per heavy atom. The van der Waals surface area contributed by atoms with Gasteiger partial charge < -0.3 is 4.90 Å². The summed E-state index contributed by atoms with van der Waals surface area (Å²) in [7, 11) is 1.91. The van der Waals surface area contributed by atoms with Gasteiger partial charge >= 0.3 is 0 Å². The Morgan fingerprint density at radius 2 is 2.00 bits per heavy atom. The number of fused-ring (bicyclic) bond motifs is 1. The van der Waals surface area contributed by atoms with Gasteiger partial charge in [-0.3, -0.25) is 4.99 Å². The van der Waals surface area contributed by atoms with Crippen LogP contribution >= 0.6 is 39.1 Å². The minimum absolute atomic E-state index is 0.269. The van der Waals surface area contributed by atoms with Gasteiger partial charge in [0, 0.05) is 23.0 Å². The first-order valence-electron chi connectivity index (χ1n) is 6.62. The third-order valence-electron chi connectivity index (χ3n) is 3.67. The average Bonchev–Trinajstić information content (AvgIpc) is 2.49. The first-order valence-corrected chi connectivity index (χ1v) is 8.50. The number of alkyl halides is 1. The van der Waals surface area contributed by atoms with E-state index in [1.807, 2.05) is 30.1 Å². The molecule has 0 fully saturated rings. The summed E-state index contributed by atoms with van der Waals surface area (Å²) in [4.78, 5) is 6.65. The Morgan fingerprint density at radius 1 is 1.23 bits per heavy atom. The van der Waals surface area contributed by atoms with Crippen LogP contribution in [0.25, 0.3) is 0 Å². The van der Waals surface area contributed by atoms with Gasteiger partial charge in [-0.2, -0.15) is 0 Å². The van der Waals surface area contributed by atoms with E-state index in [4.69, 9.17) is 23.2 Å². The Labute approximate surface area is 146 Å². The minimum atomic E-state index is -0.327. The summed E-state index contributed by atoms with van der Waals surface area (Å²) >= 11 is 16.1. The van der Waals surface area contributed by atoms with E-state index in [0.717, 1.165) is 17.1 Å². The van der Waals surface area contributed by atoms with Crippen LogP contribution in [-0.2, 0) is 0 Å². The molecule has 6 heteroatoms. The molecule has 0 saturated carbocycles. The number of rotatable bonds is 2. The van der Waals surface area contributed by atoms with Gasteiger partial charge in [0.25, 0.3) is 0 Å². The van der Waals surface area contributed by atoms with Crippen molar-refractivity contribution in [3.05, 3.63) is 57.8 Å². The van der Waals surface area contributed by atoms with Crippen LogP contribution in [0.3, 0.4) is 0 Å². The maximum Gasteiger partial charge on any atom is 0.123 e. The van der Waals surface area contributed by atoms with Crippen molar-refractivity contribution in [3.8, 4) is 0 Å². The molecule has 1 unspecified atom stereocenters. The van der Waals surface area contributed by atoms with E-state index in [9.17, 15) is 4.39 Å². The van der Waals surface area contributed by atoms with E-state index < -0.39 is 0 Å². The third kappa shape index (κ3) is 2.64. The molecule has 22 heavy (non-hydrogen) atoms. The Bertz CT molecular complexity index is 764. The quantitative estimate of drug-likeness (QED) is 0.581. The molecule has 3 rings (SSSR count). The molecule has 1 heterocycles. The second-order valence-corrected chi connectivity index (χ2v) is 6.40. The van der Waals surface area contributed by atoms with Gasteiger partial charge in [-0.05, 0) is 30.3 Å². The molecule has 0 aromatic heterocycles. The Balaban J connectivity index is 2.20. The van der Waals surface area contributed by atoms with Crippen molar-refractivity contribution in [3.63, 3.8) is 0 Å². The third-order valence-corrected chi connectivity index (χ3v) is 4.90. The zero-order chi connectivity index (χ0) is 15.9. The van der Waals surface area contributed by atoms with Crippen LogP contribution in [0.2, 0.25) is 10.0 Å². The van der Waals surface area contributed by atoms with Crippen molar-refractivity contribution < 1.29 is 4.39 Å². The number of hydrogen-bond donors (Lipinski definition) is 0. The van der Waals surface area contributed by atoms with E-state index in [1.165, 1.54) is 12.1 Å². The summed E-state index contributed by atoms with van der Waals surface area (Å²) in [6, 6.07) is 9.67. The number of anilines is 1. The molecule has 0 radical (unpaired) electrons. The summed E-state index contributed by atoms with van der Waals surface area (Å²) < 4.78 is 13.7. The number of para-hydroxylation sites is 1. The Hall–Kier alpha value is -1.10. The number of benzene rings is 2. The fraction of sp³-hybridized carbons (Fsp3) is 0.188. The molecule has 1 atom stereocenters.